The Hall–Kier alpha value is -1.38. The fraction of sp³-hybridized carbons (Fsp3) is 0.0667. The van der Waals surface area contributed by atoms with Gasteiger partial charge in [0.2, 0.25) is 0 Å². The number of benzene rings is 2. The molecule has 0 unspecified atom stereocenters. The standard InChI is InChI=1S/C15H12ClIN2O2S/c1-21-11-5-2-9(3-6-11)14(20)19-15(22)18-13-7-4-10(17)8-12(13)16/h2-8H,1H3,(H2,18,19,20,22). The molecular weight excluding hydrogens is 435 g/mol. The molecule has 2 rings (SSSR count). The van der Waals surface area contributed by atoms with Crippen molar-refractivity contribution in [2.24, 2.45) is 0 Å². The third-order valence-corrected chi connectivity index (χ3v) is 3.95. The van der Waals surface area contributed by atoms with E-state index in [1.165, 1.54) is 0 Å². The van der Waals surface area contributed by atoms with Crippen molar-refractivity contribution in [2.75, 3.05) is 12.4 Å². The van der Waals surface area contributed by atoms with Gasteiger partial charge in [-0.15, -0.1) is 0 Å². The number of methoxy groups -OCH3 is 1. The Labute approximate surface area is 152 Å². The van der Waals surface area contributed by atoms with Gasteiger partial charge >= 0.3 is 0 Å². The van der Waals surface area contributed by atoms with E-state index >= 15 is 0 Å². The number of ether oxygens (including phenoxy) is 1. The number of carbonyl (C=O) groups excluding carboxylic acids is 1. The Bertz CT molecular complexity index is 707. The number of rotatable bonds is 3. The van der Waals surface area contributed by atoms with Gasteiger partial charge in [-0.25, -0.2) is 0 Å². The van der Waals surface area contributed by atoms with E-state index < -0.39 is 0 Å². The predicted octanol–water partition coefficient (Wildman–Crippen LogP) is 4.08. The summed E-state index contributed by atoms with van der Waals surface area (Å²) in [5.41, 5.74) is 1.13. The number of halogens is 2. The highest BCUT2D eigenvalue weighted by Crippen LogP contribution is 2.23. The van der Waals surface area contributed by atoms with Crippen LogP contribution in [0.1, 0.15) is 10.4 Å². The number of nitrogens with one attached hydrogen (secondary N) is 2. The minimum Gasteiger partial charge on any atom is -0.497 e. The van der Waals surface area contributed by atoms with Crippen molar-refractivity contribution in [1.82, 2.24) is 5.32 Å². The highest BCUT2D eigenvalue weighted by Gasteiger charge is 2.09. The second-order valence-corrected chi connectivity index (χ2v) is 6.32. The molecule has 0 aromatic heterocycles. The largest absolute Gasteiger partial charge is 0.497 e. The van der Waals surface area contributed by atoms with Gasteiger partial charge < -0.3 is 10.1 Å². The van der Waals surface area contributed by atoms with Crippen molar-refractivity contribution >= 4 is 63.1 Å². The van der Waals surface area contributed by atoms with E-state index in [4.69, 9.17) is 28.6 Å². The van der Waals surface area contributed by atoms with E-state index in [1.54, 1.807) is 43.5 Å². The van der Waals surface area contributed by atoms with Crippen LogP contribution in [0.15, 0.2) is 42.5 Å². The monoisotopic (exact) mass is 446 g/mol. The summed E-state index contributed by atoms with van der Waals surface area (Å²) in [7, 11) is 1.57. The minimum absolute atomic E-state index is 0.184. The molecule has 114 valence electrons. The highest BCUT2D eigenvalue weighted by molar-refractivity contribution is 14.1. The Morgan fingerprint density at radius 3 is 2.50 bits per heavy atom. The molecule has 0 spiro atoms. The van der Waals surface area contributed by atoms with Gasteiger partial charge in [-0.1, -0.05) is 11.6 Å². The topological polar surface area (TPSA) is 50.4 Å². The summed E-state index contributed by atoms with van der Waals surface area (Å²) < 4.78 is 6.06. The van der Waals surface area contributed by atoms with Crippen molar-refractivity contribution in [2.45, 2.75) is 0 Å². The van der Waals surface area contributed by atoms with Crippen LogP contribution < -0.4 is 15.4 Å². The first-order valence-electron chi connectivity index (χ1n) is 6.21. The fourth-order valence-electron chi connectivity index (χ4n) is 1.66. The third kappa shape index (κ3) is 4.56. The molecule has 0 atom stereocenters. The molecule has 7 heteroatoms. The van der Waals surface area contributed by atoms with Crippen LogP contribution in [-0.4, -0.2) is 18.1 Å². The second-order valence-electron chi connectivity index (χ2n) is 4.26. The lowest BCUT2D eigenvalue weighted by Crippen LogP contribution is -2.34. The van der Waals surface area contributed by atoms with Crippen LogP contribution in [-0.2, 0) is 0 Å². The van der Waals surface area contributed by atoms with E-state index in [0.717, 1.165) is 3.57 Å². The Morgan fingerprint density at radius 1 is 1.23 bits per heavy atom. The molecule has 2 aromatic carbocycles. The van der Waals surface area contributed by atoms with Crippen LogP contribution in [0.5, 0.6) is 5.75 Å². The quantitative estimate of drug-likeness (QED) is 0.551. The zero-order valence-electron chi connectivity index (χ0n) is 11.5. The van der Waals surface area contributed by atoms with E-state index in [9.17, 15) is 4.79 Å². The SMILES string of the molecule is COc1ccc(C(=O)NC(=S)Nc2ccc(I)cc2Cl)cc1. The number of hydrogen-bond acceptors (Lipinski definition) is 3. The molecule has 0 heterocycles. The van der Waals surface area contributed by atoms with E-state index in [2.05, 4.69) is 33.2 Å². The molecule has 0 radical (unpaired) electrons. The lowest BCUT2D eigenvalue weighted by Gasteiger charge is -2.11. The van der Waals surface area contributed by atoms with Crippen LogP contribution in [0.2, 0.25) is 5.02 Å². The molecule has 0 aliphatic rings. The minimum atomic E-state index is -0.304. The first kappa shape index (κ1) is 17.0. The van der Waals surface area contributed by atoms with Gasteiger partial charge in [0, 0.05) is 9.13 Å². The summed E-state index contributed by atoms with van der Waals surface area (Å²) in [5, 5.41) is 6.22. The molecule has 0 aliphatic heterocycles. The summed E-state index contributed by atoms with van der Waals surface area (Å²) in [6, 6.07) is 12.2. The van der Waals surface area contributed by atoms with Crippen molar-refractivity contribution in [3.63, 3.8) is 0 Å². The maximum atomic E-state index is 12.1. The van der Waals surface area contributed by atoms with Gasteiger partial charge in [0.15, 0.2) is 5.11 Å². The van der Waals surface area contributed by atoms with Crippen LogP contribution in [0.3, 0.4) is 0 Å². The molecule has 0 saturated carbocycles. The number of amides is 1. The molecule has 2 aromatic rings. The van der Waals surface area contributed by atoms with Gasteiger partial charge in [-0.3, -0.25) is 10.1 Å². The van der Waals surface area contributed by atoms with Gasteiger partial charge in [0.1, 0.15) is 5.75 Å². The van der Waals surface area contributed by atoms with Gasteiger partial charge in [-0.2, -0.15) is 0 Å². The first-order valence-corrected chi connectivity index (χ1v) is 8.07. The zero-order valence-corrected chi connectivity index (χ0v) is 15.3. The van der Waals surface area contributed by atoms with E-state index in [-0.39, 0.29) is 11.0 Å². The van der Waals surface area contributed by atoms with Crippen LogP contribution in [0, 0.1) is 3.57 Å². The number of anilines is 1. The Morgan fingerprint density at radius 2 is 1.91 bits per heavy atom. The molecule has 0 saturated heterocycles. The molecule has 0 aliphatic carbocycles. The molecule has 0 bridgehead atoms. The van der Waals surface area contributed by atoms with Crippen LogP contribution in [0.25, 0.3) is 0 Å². The lowest BCUT2D eigenvalue weighted by molar-refractivity contribution is 0.0977. The smallest absolute Gasteiger partial charge is 0.257 e. The van der Waals surface area contributed by atoms with E-state index in [1.807, 2.05) is 6.07 Å². The van der Waals surface area contributed by atoms with E-state index in [0.29, 0.717) is 22.0 Å². The maximum Gasteiger partial charge on any atom is 0.257 e. The highest BCUT2D eigenvalue weighted by atomic mass is 127. The first-order chi connectivity index (χ1) is 10.5. The number of carbonyl (C=O) groups is 1. The fourth-order valence-corrected chi connectivity index (χ4v) is 2.77. The summed E-state index contributed by atoms with van der Waals surface area (Å²) in [6.45, 7) is 0. The summed E-state index contributed by atoms with van der Waals surface area (Å²) >= 11 is 13.4. The van der Waals surface area contributed by atoms with Gasteiger partial charge in [0.05, 0.1) is 17.8 Å². The molecule has 22 heavy (non-hydrogen) atoms. The Kier molecular flexibility index (Phi) is 5.98. The van der Waals surface area contributed by atoms with Gasteiger partial charge in [-0.05, 0) is 77.3 Å². The van der Waals surface area contributed by atoms with Crippen LogP contribution in [0.4, 0.5) is 5.69 Å². The van der Waals surface area contributed by atoms with Crippen molar-refractivity contribution in [3.8, 4) is 5.75 Å². The third-order valence-electron chi connectivity index (χ3n) is 2.76. The average molecular weight is 447 g/mol. The zero-order chi connectivity index (χ0) is 16.1. The summed E-state index contributed by atoms with van der Waals surface area (Å²) in [6.07, 6.45) is 0. The average Bonchev–Trinajstić information content (AvgIpc) is 2.50. The molecule has 4 nitrogen and oxygen atoms in total. The lowest BCUT2D eigenvalue weighted by atomic mass is 10.2. The number of thiocarbonyl (C=S) groups is 1. The van der Waals surface area contributed by atoms with Gasteiger partial charge in [0.25, 0.3) is 5.91 Å². The predicted molar refractivity (Wildman–Crippen MR) is 101 cm³/mol. The number of hydrogen-bond donors (Lipinski definition) is 2. The summed E-state index contributed by atoms with van der Waals surface area (Å²) in [5.74, 6) is 0.379. The Balaban J connectivity index is 2.00. The van der Waals surface area contributed by atoms with Crippen molar-refractivity contribution in [1.29, 1.82) is 0 Å². The van der Waals surface area contributed by atoms with Crippen LogP contribution >= 0.6 is 46.4 Å². The molecule has 0 fully saturated rings. The van der Waals surface area contributed by atoms with Crippen molar-refractivity contribution < 1.29 is 9.53 Å². The normalized spacial score (nSPS) is 9.95. The molecule has 1 amide bonds. The molecule has 2 N–H and O–H groups in total. The maximum absolute atomic E-state index is 12.1. The molecular formula is C15H12ClIN2O2S. The summed E-state index contributed by atoms with van der Waals surface area (Å²) in [4.78, 5) is 12.1. The second kappa shape index (κ2) is 7.75. The van der Waals surface area contributed by atoms with Crippen molar-refractivity contribution in [3.05, 3.63) is 56.6 Å².